The van der Waals surface area contributed by atoms with Crippen molar-refractivity contribution in [2.24, 2.45) is 10.8 Å². The molecule has 1 aliphatic heterocycles. The lowest BCUT2D eigenvalue weighted by Crippen LogP contribution is -2.49. The summed E-state index contributed by atoms with van der Waals surface area (Å²) < 4.78 is 68.5. The first-order valence-electron chi connectivity index (χ1n) is 9.36. The van der Waals surface area contributed by atoms with Crippen molar-refractivity contribution in [3.63, 3.8) is 0 Å². The van der Waals surface area contributed by atoms with Crippen LogP contribution in [0.5, 0.6) is 0 Å². The van der Waals surface area contributed by atoms with Gasteiger partial charge in [0.2, 0.25) is 0 Å². The van der Waals surface area contributed by atoms with Gasteiger partial charge in [-0.15, -0.1) is 0 Å². The Kier molecular flexibility index (Phi) is 6.92. The Morgan fingerprint density at radius 2 is 1.75 bits per heavy atom. The van der Waals surface area contributed by atoms with Gasteiger partial charge in [0.25, 0.3) is 5.91 Å². The lowest BCUT2D eigenvalue weighted by Gasteiger charge is -2.36. The van der Waals surface area contributed by atoms with Crippen molar-refractivity contribution in [2.75, 3.05) is 31.1 Å². The Hall–Kier alpha value is -3.28. The van der Waals surface area contributed by atoms with Crippen molar-refractivity contribution >= 4 is 35.1 Å². The summed E-state index contributed by atoms with van der Waals surface area (Å²) in [4.78, 5) is 15.4. The molecule has 0 radical (unpaired) electrons. The number of halogens is 5. The van der Waals surface area contributed by atoms with Crippen LogP contribution in [0.1, 0.15) is 21.5 Å². The molecule has 2 aromatic rings. The minimum atomic E-state index is -4.66. The molecule has 0 bridgehead atoms. The molecular formula is C20H18F5N5OS. The normalized spacial score (nSPS) is 14.7. The summed E-state index contributed by atoms with van der Waals surface area (Å²) >= 11 is 4.55. The van der Waals surface area contributed by atoms with Gasteiger partial charge in [0, 0.05) is 37.8 Å². The fraction of sp³-hybridized carbons (Fsp3) is 0.250. The molecule has 1 fully saturated rings. The molecule has 1 heterocycles. The van der Waals surface area contributed by atoms with Gasteiger partial charge in [-0.2, -0.15) is 18.3 Å². The molecule has 1 aliphatic rings. The summed E-state index contributed by atoms with van der Waals surface area (Å²) in [5.41, 5.74) is 5.81. The highest BCUT2D eigenvalue weighted by molar-refractivity contribution is 7.80. The van der Waals surface area contributed by atoms with Gasteiger partial charge >= 0.3 is 6.18 Å². The van der Waals surface area contributed by atoms with E-state index in [1.165, 1.54) is 21.9 Å². The van der Waals surface area contributed by atoms with Gasteiger partial charge in [0.1, 0.15) is 11.6 Å². The molecule has 6 nitrogen and oxygen atoms in total. The Balaban J connectivity index is 1.71. The van der Waals surface area contributed by atoms with Crippen LogP contribution in [0.25, 0.3) is 0 Å². The third-order valence-corrected chi connectivity index (χ3v) is 4.91. The van der Waals surface area contributed by atoms with Crippen LogP contribution in [-0.4, -0.2) is 48.3 Å². The summed E-state index contributed by atoms with van der Waals surface area (Å²) in [6.07, 6.45) is -3.64. The smallest absolute Gasteiger partial charge is 0.375 e. The molecule has 3 rings (SSSR count). The van der Waals surface area contributed by atoms with E-state index in [0.29, 0.717) is 0 Å². The summed E-state index contributed by atoms with van der Waals surface area (Å²) in [5, 5.41) is 3.45. The van der Waals surface area contributed by atoms with E-state index in [1.54, 1.807) is 0 Å². The van der Waals surface area contributed by atoms with E-state index in [9.17, 15) is 26.7 Å². The fourth-order valence-electron chi connectivity index (χ4n) is 3.30. The molecule has 0 unspecified atom stereocenters. The quantitative estimate of drug-likeness (QED) is 0.310. The number of anilines is 1. The van der Waals surface area contributed by atoms with Gasteiger partial charge in [-0.1, -0.05) is 12.1 Å². The largest absolute Gasteiger partial charge is 0.417 e. The maximum absolute atomic E-state index is 14.6. The third kappa shape index (κ3) is 5.31. The average Bonchev–Trinajstić information content (AvgIpc) is 2.74. The molecule has 0 atom stereocenters. The Morgan fingerprint density at radius 1 is 1.09 bits per heavy atom. The zero-order valence-electron chi connectivity index (χ0n) is 16.5. The maximum Gasteiger partial charge on any atom is 0.417 e. The van der Waals surface area contributed by atoms with E-state index < -0.39 is 34.8 Å². The van der Waals surface area contributed by atoms with Crippen molar-refractivity contribution in [2.45, 2.75) is 6.18 Å². The number of nitrogens with two attached hydrogens (primary N) is 1. The van der Waals surface area contributed by atoms with E-state index in [1.807, 2.05) is 0 Å². The predicted octanol–water partition coefficient (Wildman–Crippen LogP) is 3.11. The summed E-state index contributed by atoms with van der Waals surface area (Å²) in [5.74, 6) is -2.22. The molecular weight excluding hydrogens is 453 g/mol. The number of hydrogen-bond acceptors (Lipinski definition) is 4. The number of carbonyl (C=O) groups is 1. The minimum absolute atomic E-state index is 0.0234. The van der Waals surface area contributed by atoms with Gasteiger partial charge in [-0.25, -0.2) is 8.78 Å². The van der Waals surface area contributed by atoms with Gasteiger partial charge in [0.15, 0.2) is 5.11 Å². The number of hydrazone groups is 1. The zero-order chi connectivity index (χ0) is 23.5. The highest BCUT2D eigenvalue weighted by Gasteiger charge is 2.36. The topological polar surface area (TPSA) is 74.0 Å². The number of amides is 1. The molecule has 12 heteroatoms. The van der Waals surface area contributed by atoms with E-state index in [-0.39, 0.29) is 42.5 Å². The summed E-state index contributed by atoms with van der Waals surface area (Å²) in [6.45, 7) is 0.333. The van der Waals surface area contributed by atoms with Crippen LogP contribution in [0.3, 0.4) is 0 Å². The third-order valence-electron chi connectivity index (χ3n) is 4.81. The second kappa shape index (κ2) is 9.47. The van der Waals surface area contributed by atoms with Crippen LogP contribution in [-0.2, 0) is 6.18 Å². The second-order valence-electron chi connectivity index (χ2n) is 6.88. The Morgan fingerprint density at radius 3 is 2.38 bits per heavy atom. The molecule has 0 saturated carbocycles. The monoisotopic (exact) mass is 471 g/mol. The molecule has 170 valence electrons. The molecule has 0 aliphatic carbocycles. The minimum Gasteiger partial charge on any atom is -0.375 e. The van der Waals surface area contributed by atoms with Crippen molar-refractivity contribution in [3.05, 3.63) is 64.7 Å². The van der Waals surface area contributed by atoms with Crippen LogP contribution in [0.4, 0.5) is 27.6 Å². The van der Waals surface area contributed by atoms with Crippen LogP contribution < -0.4 is 16.1 Å². The molecule has 1 amide bonds. The number of benzene rings is 2. The van der Waals surface area contributed by atoms with E-state index in [4.69, 9.17) is 5.73 Å². The Bertz CT molecular complexity index is 1050. The van der Waals surface area contributed by atoms with Gasteiger partial charge < -0.3 is 15.5 Å². The number of nitrogens with one attached hydrogen (secondary N) is 1. The number of piperazine rings is 1. The molecule has 32 heavy (non-hydrogen) atoms. The highest BCUT2D eigenvalue weighted by Crippen LogP contribution is 2.32. The van der Waals surface area contributed by atoms with E-state index in [0.717, 1.165) is 30.5 Å². The van der Waals surface area contributed by atoms with Crippen LogP contribution in [0.15, 0.2) is 41.5 Å². The van der Waals surface area contributed by atoms with Crippen LogP contribution in [0, 0.1) is 11.6 Å². The van der Waals surface area contributed by atoms with Crippen LogP contribution in [0.2, 0.25) is 0 Å². The molecule has 2 aromatic carbocycles. The number of carbonyl (C=O) groups excluding carboxylic acids is 1. The number of nitrogens with zero attached hydrogens (tertiary/aromatic N) is 3. The van der Waals surface area contributed by atoms with Crippen molar-refractivity contribution in [3.8, 4) is 0 Å². The number of hydrogen-bond donors (Lipinski definition) is 2. The SMILES string of the molecule is NC(=S)NN=Cc1cc(F)c(N2CCN(C(=O)c3ccccc3C(F)(F)F)CC2)cc1F. The second-order valence-corrected chi connectivity index (χ2v) is 7.32. The summed E-state index contributed by atoms with van der Waals surface area (Å²) in [6, 6.07) is 6.49. The number of thiocarbonyl (C=S) groups is 1. The van der Waals surface area contributed by atoms with Gasteiger partial charge in [0.05, 0.1) is 23.0 Å². The molecule has 0 spiro atoms. The first-order chi connectivity index (χ1) is 15.1. The predicted molar refractivity (Wildman–Crippen MR) is 113 cm³/mol. The van der Waals surface area contributed by atoms with Crippen LogP contribution >= 0.6 is 12.2 Å². The molecule has 3 N–H and O–H groups in total. The first-order valence-corrected chi connectivity index (χ1v) is 9.76. The van der Waals surface area contributed by atoms with Gasteiger partial charge in [-0.05, 0) is 30.4 Å². The summed E-state index contributed by atoms with van der Waals surface area (Å²) in [7, 11) is 0. The average molecular weight is 471 g/mol. The fourth-order valence-corrected chi connectivity index (χ4v) is 3.35. The van der Waals surface area contributed by atoms with Crippen molar-refractivity contribution in [1.29, 1.82) is 0 Å². The zero-order valence-corrected chi connectivity index (χ0v) is 17.3. The lowest BCUT2D eigenvalue weighted by atomic mass is 10.1. The molecule has 1 saturated heterocycles. The van der Waals surface area contributed by atoms with E-state index in [2.05, 4.69) is 22.7 Å². The number of rotatable bonds is 4. The first kappa shape index (κ1) is 23.4. The highest BCUT2D eigenvalue weighted by atomic mass is 32.1. The van der Waals surface area contributed by atoms with Crippen molar-refractivity contribution < 1.29 is 26.7 Å². The lowest BCUT2D eigenvalue weighted by molar-refractivity contribution is -0.138. The standard InChI is InChI=1S/C20H18F5N5OS/c21-15-10-17(16(22)9-12(15)11-27-28-19(26)32)29-5-7-30(8-6-29)18(31)13-3-1-2-4-14(13)20(23,24)25/h1-4,9-11H,5-8H2,(H3,26,28,32). The number of alkyl halides is 3. The Labute approximate surface area is 185 Å². The van der Waals surface area contributed by atoms with Crippen molar-refractivity contribution in [1.82, 2.24) is 10.3 Å². The molecule has 0 aromatic heterocycles. The maximum atomic E-state index is 14.6. The van der Waals surface area contributed by atoms with Gasteiger partial charge in [-0.3, -0.25) is 10.2 Å². The van der Waals surface area contributed by atoms with E-state index >= 15 is 0 Å².